The third-order valence-electron chi connectivity index (χ3n) is 1.81. The van der Waals surface area contributed by atoms with Crippen molar-refractivity contribution in [1.82, 2.24) is 10.2 Å². The van der Waals surface area contributed by atoms with E-state index in [0.717, 1.165) is 19.6 Å². The first kappa shape index (κ1) is 15.9. The van der Waals surface area contributed by atoms with Gasteiger partial charge in [0.25, 0.3) is 0 Å². The largest absolute Gasteiger partial charge is 0.340 e. The van der Waals surface area contributed by atoms with Crippen molar-refractivity contribution in [2.45, 2.75) is 47.6 Å². The van der Waals surface area contributed by atoms with Crippen LogP contribution in [0.2, 0.25) is 0 Å². The molecule has 14 heavy (non-hydrogen) atoms. The first-order chi connectivity index (χ1) is 6.70. The zero-order valence-electron chi connectivity index (χ0n) is 10.6. The van der Waals surface area contributed by atoms with Gasteiger partial charge in [-0.2, -0.15) is 0 Å². The maximum atomic E-state index is 10.8. The molecule has 0 aromatic carbocycles. The van der Waals surface area contributed by atoms with E-state index >= 15 is 0 Å². The molecule has 0 bridgehead atoms. The molecule has 0 radical (unpaired) electrons. The number of piperazine rings is 1. The van der Waals surface area contributed by atoms with Crippen molar-refractivity contribution < 1.29 is 4.79 Å². The smallest absolute Gasteiger partial charge is 0.219 e. The van der Waals surface area contributed by atoms with Crippen LogP contribution in [0.5, 0.6) is 0 Å². The highest BCUT2D eigenvalue weighted by molar-refractivity contribution is 5.73. The van der Waals surface area contributed by atoms with Crippen LogP contribution in [0.4, 0.5) is 0 Å². The molecule has 0 aromatic heterocycles. The summed E-state index contributed by atoms with van der Waals surface area (Å²) in [6.07, 6.45) is 0. The van der Waals surface area contributed by atoms with Gasteiger partial charge in [-0.25, -0.2) is 0 Å². The Morgan fingerprint density at radius 2 is 1.79 bits per heavy atom. The van der Waals surface area contributed by atoms with Crippen molar-refractivity contribution in [3.63, 3.8) is 0 Å². The van der Waals surface area contributed by atoms with Crippen molar-refractivity contribution in [2.24, 2.45) is 0 Å². The Balaban J connectivity index is 0. The molecule has 1 atom stereocenters. The summed E-state index contributed by atoms with van der Waals surface area (Å²) in [4.78, 5) is 12.7. The molecule has 1 N–H and O–H groups in total. The predicted molar refractivity (Wildman–Crippen MR) is 62.4 cm³/mol. The molecule has 1 aliphatic heterocycles. The predicted octanol–water partition coefficient (Wildman–Crippen LogP) is 1.88. The zero-order chi connectivity index (χ0) is 11.6. The van der Waals surface area contributed by atoms with E-state index in [-0.39, 0.29) is 5.91 Å². The first-order valence-corrected chi connectivity index (χ1v) is 5.69. The average Bonchev–Trinajstić information content (AvgIpc) is 2.24. The van der Waals surface area contributed by atoms with Gasteiger partial charge in [-0.15, -0.1) is 0 Å². The van der Waals surface area contributed by atoms with Gasteiger partial charge in [-0.05, 0) is 6.92 Å². The fraction of sp³-hybridized carbons (Fsp3) is 0.909. The summed E-state index contributed by atoms with van der Waals surface area (Å²) < 4.78 is 0. The van der Waals surface area contributed by atoms with E-state index in [4.69, 9.17) is 0 Å². The Morgan fingerprint density at radius 1 is 1.29 bits per heavy atom. The van der Waals surface area contributed by atoms with Crippen LogP contribution in [-0.4, -0.2) is 36.5 Å². The van der Waals surface area contributed by atoms with Crippen LogP contribution in [0.3, 0.4) is 0 Å². The summed E-state index contributed by atoms with van der Waals surface area (Å²) in [5.74, 6) is 0.188. The van der Waals surface area contributed by atoms with Crippen LogP contribution in [0.15, 0.2) is 0 Å². The Bertz CT molecular complexity index is 137. The molecule has 1 amide bonds. The standard InChI is InChI=1S/C7H14N2O.2C2H6/c1-6-5-9(7(2)10)4-3-8-6;2*1-2/h6,8H,3-5H2,1-2H3;2*1-2H3. The van der Waals surface area contributed by atoms with Gasteiger partial charge in [0, 0.05) is 32.6 Å². The highest BCUT2D eigenvalue weighted by Gasteiger charge is 2.16. The molecule has 3 nitrogen and oxygen atoms in total. The first-order valence-electron chi connectivity index (χ1n) is 5.69. The van der Waals surface area contributed by atoms with Gasteiger partial charge in [-0.1, -0.05) is 27.7 Å². The molecule has 1 fully saturated rings. The molecule has 0 aliphatic carbocycles. The molecule has 3 heteroatoms. The van der Waals surface area contributed by atoms with E-state index in [1.54, 1.807) is 6.92 Å². The molecule has 86 valence electrons. The quantitative estimate of drug-likeness (QED) is 0.650. The molecular weight excluding hydrogens is 176 g/mol. The van der Waals surface area contributed by atoms with Crippen molar-refractivity contribution in [1.29, 1.82) is 0 Å². The van der Waals surface area contributed by atoms with E-state index < -0.39 is 0 Å². The minimum absolute atomic E-state index is 0.188. The molecule has 0 saturated carbocycles. The SMILES string of the molecule is CC.CC.CC(=O)N1CCNC(C)C1. The second-order valence-corrected chi connectivity index (χ2v) is 2.82. The molecule has 1 heterocycles. The van der Waals surface area contributed by atoms with E-state index in [9.17, 15) is 4.79 Å². The van der Waals surface area contributed by atoms with Gasteiger partial charge < -0.3 is 10.2 Å². The number of rotatable bonds is 0. The Morgan fingerprint density at radius 3 is 2.07 bits per heavy atom. The lowest BCUT2D eigenvalue weighted by Crippen LogP contribution is -2.50. The van der Waals surface area contributed by atoms with Gasteiger partial charge in [0.1, 0.15) is 0 Å². The fourth-order valence-electron chi connectivity index (χ4n) is 1.22. The summed E-state index contributed by atoms with van der Waals surface area (Å²) in [5, 5.41) is 3.27. The average molecular weight is 202 g/mol. The van der Waals surface area contributed by atoms with Crippen LogP contribution in [0.1, 0.15) is 41.5 Å². The monoisotopic (exact) mass is 202 g/mol. The highest BCUT2D eigenvalue weighted by Crippen LogP contribution is 1.97. The van der Waals surface area contributed by atoms with E-state index in [2.05, 4.69) is 12.2 Å². The number of nitrogens with one attached hydrogen (secondary N) is 1. The van der Waals surface area contributed by atoms with E-state index in [0.29, 0.717) is 6.04 Å². The Hall–Kier alpha value is -0.570. The summed E-state index contributed by atoms with van der Waals surface area (Å²) in [6.45, 7) is 14.4. The number of carbonyl (C=O) groups excluding carboxylic acids is 1. The summed E-state index contributed by atoms with van der Waals surface area (Å²) in [5.41, 5.74) is 0. The third-order valence-corrected chi connectivity index (χ3v) is 1.81. The minimum atomic E-state index is 0.188. The second-order valence-electron chi connectivity index (χ2n) is 2.82. The summed E-state index contributed by atoms with van der Waals surface area (Å²) in [7, 11) is 0. The zero-order valence-corrected chi connectivity index (χ0v) is 10.6. The van der Waals surface area contributed by atoms with E-state index in [1.807, 2.05) is 32.6 Å². The minimum Gasteiger partial charge on any atom is -0.340 e. The van der Waals surface area contributed by atoms with Gasteiger partial charge in [0.15, 0.2) is 0 Å². The molecular formula is C11H26N2O. The lowest BCUT2D eigenvalue weighted by atomic mass is 10.2. The fourth-order valence-corrected chi connectivity index (χ4v) is 1.22. The number of nitrogens with zero attached hydrogens (tertiary/aromatic N) is 1. The van der Waals surface area contributed by atoms with Crippen LogP contribution in [0, 0.1) is 0 Å². The van der Waals surface area contributed by atoms with Crippen LogP contribution in [0.25, 0.3) is 0 Å². The molecule has 0 aromatic rings. The molecule has 1 aliphatic rings. The van der Waals surface area contributed by atoms with Crippen molar-refractivity contribution in [3.05, 3.63) is 0 Å². The second kappa shape index (κ2) is 10.5. The van der Waals surface area contributed by atoms with Crippen molar-refractivity contribution in [3.8, 4) is 0 Å². The van der Waals surface area contributed by atoms with Gasteiger partial charge >= 0.3 is 0 Å². The summed E-state index contributed by atoms with van der Waals surface area (Å²) >= 11 is 0. The lowest BCUT2D eigenvalue weighted by molar-refractivity contribution is -0.129. The molecule has 1 saturated heterocycles. The number of hydrogen-bond donors (Lipinski definition) is 1. The topological polar surface area (TPSA) is 32.3 Å². The molecule has 1 unspecified atom stereocenters. The normalized spacial score (nSPS) is 19.9. The maximum Gasteiger partial charge on any atom is 0.219 e. The number of hydrogen-bond acceptors (Lipinski definition) is 2. The number of carbonyl (C=O) groups is 1. The lowest BCUT2D eigenvalue weighted by Gasteiger charge is -2.30. The van der Waals surface area contributed by atoms with Gasteiger partial charge in [0.2, 0.25) is 5.91 Å². The van der Waals surface area contributed by atoms with Crippen molar-refractivity contribution >= 4 is 5.91 Å². The van der Waals surface area contributed by atoms with Crippen LogP contribution >= 0.6 is 0 Å². The Labute approximate surface area is 88.9 Å². The third kappa shape index (κ3) is 6.89. The summed E-state index contributed by atoms with van der Waals surface area (Å²) in [6, 6.07) is 0.456. The Kier molecular flexibility index (Phi) is 11.9. The molecule has 1 rings (SSSR count). The van der Waals surface area contributed by atoms with Crippen LogP contribution in [-0.2, 0) is 4.79 Å². The molecule has 0 spiro atoms. The van der Waals surface area contributed by atoms with Gasteiger partial charge in [-0.3, -0.25) is 4.79 Å². The van der Waals surface area contributed by atoms with Crippen molar-refractivity contribution in [2.75, 3.05) is 19.6 Å². The maximum absolute atomic E-state index is 10.8. The number of amides is 1. The van der Waals surface area contributed by atoms with E-state index in [1.165, 1.54) is 0 Å². The highest BCUT2D eigenvalue weighted by atomic mass is 16.2. The van der Waals surface area contributed by atoms with Crippen LogP contribution < -0.4 is 5.32 Å². The van der Waals surface area contributed by atoms with Gasteiger partial charge in [0.05, 0.1) is 0 Å².